The molecule has 0 spiro atoms. The number of carbonyl (C=O) groups is 1. The minimum atomic E-state index is -0.240. The molecule has 0 saturated heterocycles. The molecule has 28 heavy (non-hydrogen) atoms. The Morgan fingerprint density at radius 2 is 1.79 bits per heavy atom. The second-order valence-corrected chi connectivity index (χ2v) is 6.57. The molecule has 144 valence electrons. The molecule has 0 atom stereocenters. The lowest BCUT2D eigenvalue weighted by molar-refractivity contribution is -0.111. The molecular formula is C21H20N2O4S. The minimum absolute atomic E-state index is 0.198. The van der Waals surface area contributed by atoms with Gasteiger partial charge in [-0.25, -0.2) is 4.98 Å². The van der Waals surface area contributed by atoms with Crippen LogP contribution < -0.4 is 14.8 Å². The topological polar surface area (TPSA) is 69.7 Å². The molecule has 0 saturated carbocycles. The number of hydrogen-bond acceptors (Lipinski definition) is 6. The fourth-order valence-corrected chi connectivity index (χ4v) is 3.07. The molecule has 7 heteroatoms. The molecule has 0 unspecified atom stereocenters. The number of aromatic nitrogens is 1. The molecule has 1 heterocycles. The van der Waals surface area contributed by atoms with Crippen molar-refractivity contribution >= 4 is 28.5 Å². The van der Waals surface area contributed by atoms with E-state index >= 15 is 0 Å². The summed E-state index contributed by atoms with van der Waals surface area (Å²) in [6, 6.07) is 15.0. The lowest BCUT2D eigenvalue weighted by Crippen LogP contribution is -2.07. The molecule has 6 nitrogen and oxygen atoms in total. The molecule has 3 aromatic rings. The Balaban J connectivity index is 1.57. The predicted octanol–water partition coefficient (Wildman–Crippen LogP) is 4.45. The monoisotopic (exact) mass is 396 g/mol. The first-order chi connectivity index (χ1) is 13.7. The van der Waals surface area contributed by atoms with Gasteiger partial charge in [0, 0.05) is 24.1 Å². The first kappa shape index (κ1) is 19.6. The van der Waals surface area contributed by atoms with E-state index in [1.807, 2.05) is 53.9 Å². The fourth-order valence-electron chi connectivity index (χ4n) is 2.35. The van der Waals surface area contributed by atoms with Crippen molar-refractivity contribution in [1.82, 2.24) is 4.98 Å². The van der Waals surface area contributed by atoms with Crippen LogP contribution in [0.2, 0.25) is 0 Å². The van der Waals surface area contributed by atoms with Crippen LogP contribution in [0, 0.1) is 0 Å². The van der Waals surface area contributed by atoms with Crippen molar-refractivity contribution in [3.63, 3.8) is 0 Å². The van der Waals surface area contributed by atoms with E-state index in [1.54, 1.807) is 20.3 Å². The Kier molecular flexibility index (Phi) is 6.78. The SMILES string of the molecule is COCOc1ccc(/C=C/C(=O)Nc2nc(-c3ccc(OC)cc3)cs2)cc1. The van der Waals surface area contributed by atoms with Gasteiger partial charge < -0.3 is 14.2 Å². The summed E-state index contributed by atoms with van der Waals surface area (Å²) in [6.45, 7) is 0.198. The predicted molar refractivity (Wildman–Crippen MR) is 111 cm³/mol. The number of nitrogens with zero attached hydrogens (tertiary/aromatic N) is 1. The molecule has 3 rings (SSSR count). The largest absolute Gasteiger partial charge is 0.497 e. The van der Waals surface area contributed by atoms with E-state index in [4.69, 9.17) is 14.2 Å². The Labute approximate surface area is 167 Å². The lowest BCUT2D eigenvalue weighted by atomic mass is 10.2. The van der Waals surface area contributed by atoms with Gasteiger partial charge in [0.15, 0.2) is 11.9 Å². The van der Waals surface area contributed by atoms with E-state index in [-0.39, 0.29) is 12.7 Å². The normalized spacial score (nSPS) is 10.8. The molecule has 0 aliphatic rings. The zero-order valence-electron chi connectivity index (χ0n) is 15.5. The van der Waals surface area contributed by atoms with E-state index in [1.165, 1.54) is 17.4 Å². The highest BCUT2D eigenvalue weighted by Crippen LogP contribution is 2.26. The average Bonchev–Trinajstić information content (AvgIpc) is 3.20. The zero-order valence-corrected chi connectivity index (χ0v) is 16.4. The van der Waals surface area contributed by atoms with Crippen molar-refractivity contribution in [3.05, 3.63) is 65.6 Å². The van der Waals surface area contributed by atoms with Crippen LogP contribution in [0.4, 0.5) is 5.13 Å². The summed E-state index contributed by atoms with van der Waals surface area (Å²) in [5.74, 6) is 1.25. The van der Waals surface area contributed by atoms with Crippen LogP contribution >= 0.6 is 11.3 Å². The first-order valence-electron chi connectivity index (χ1n) is 8.49. The number of ether oxygens (including phenoxy) is 3. The second-order valence-electron chi connectivity index (χ2n) is 5.71. The van der Waals surface area contributed by atoms with Gasteiger partial charge in [-0.2, -0.15) is 0 Å². The van der Waals surface area contributed by atoms with Gasteiger partial charge in [0.05, 0.1) is 12.8 Å². The van der Waals surface area contributed by atoms with Crippen LogP contribution in [-0.4, -0.2) is 31.9 Å². The number of anilines is 1. The standard InChI is InChI=1S/C21H20N2O4S/c1-25-14-27-18-8-3-15(4-9-18)5-12-20(24)23-21-22-19(13-28-21)16-6-10-17(26-2)11-7-16/h3-13H,14H2,1-2H3,(H,22,23,24)/b12-5+. The maximum Gasteiger partial charge on any atom is 0.250 e. The maximum absolute atomic E-state index is 12.1. The van der Waals surface area contributed by atoms with Crippen molar-refractivity contribution in [1.29, 1.82) is 0 Å². The molecule has 1 amide bonds. The summed E-state index contributed by atoms with van der Waals surface area (Å²) in [5, 5.41) is 5.23. The summed E-state index contributed by atoms with van der Waals surface area (Å²) >= 11 is 1.38. The number of carbonyl (C=O) groups excluding carboxylic acids is 1. The van der Waals surface area contributed by atoms with Crippen molar-refractivity contribution in [2.75, 3.05) is 26.3 Å². The van der Waals surface area contributed by atoms with Gasteiger partial charge in [-0.1, -0.05) is 12.1 Å². The van der Waals surface area contributed by atoms with Gasteiger partial charge >= 0.3 is 0 Å². The number of nitrogens with one attached hydrogen (secondary N) is 1. The van der Waals surface area contributed by atoms with Crippen LogP contribution in [0.25, 0.3) is 17.3 Å². The van der Waals surface area contributed by atoms with Gasteiger partial charge in [-0.05, 0) is 48.0 Å². The summed E-state index contributed by atoms with van der Waals surface area (Å²) in [7, 11) is 3.20. The van der Waals surface area contributed by atoms with Gasteiger partial charge in [0.1, 0.15) is 11.5 Å². The van der Waals surface area contributed by atoms with E-state index in [0.717, 1.165) is 22.6 Å². The molecule has 1 aromatic heterocycles. The highest BCUT2D eigenvalue weighted by Gasteiger charge is 2.07. The van der Waals surface area contributed by atoms with Gasteiger partial charge in [0.2, 0.25) is 5.91 Å². The molecule has 0 aliphatic heterocycles. The molecule has 0 aliphatic carbocycles. The summed E-state index contributed by atoms with van der Waals surface area (Å²) in [6.07, 6.45) is 3.20. The summed E-state index contributed by atoms with van der Waals surface area (Å²) < 4.78 is 15.3. The van der Waals surface area contributed by atoms with Crippen LogP contribution in [0.1, 0.15) is 5.56 Å². The fraction of sp³-hybridized carbons (Fsp3) is 0.143. The minimum Gasteiger partial charge on any atom is -0.497 e. The Hall–Kier alpha value is -3.16. The van der Waals surface area contributed by atoms with Gasteiger partial charge in [-0.3, -0.25) is 10.1 Å². The van der Waals surface area contributed by atoms with Crippen LogP contribution in [0.15, 0.2) is 60.0 Å². The van der Waals surface area contributed by atoms with E-state index < -0.39 is 0 Å². The molecule has 1 N–H and O–H groups in total. The smallest absolute Gasteiger partial charge is 0.250 e. The average molecular weight is 396 g/mol. The first-order valence-corrected chi connectivity index (χ1v) is 9.37. The highest BCUT2D eigenvalue weighted by atomic mass is 32.1. The third-order valence-electron chi connectivity index (χ3n) is 3.77. The number of rotatable bonds is 8. The van der Waals surface area contributed by atoms with E-state index in [2.05, 4.69) is 10.3 Å². The molecular weight excluding hydrogens is 376 g/mol. The molecule has 0 bridgehead atoms. The zero-order chi connectivity index (χ0) is 19.8. The van der Waals surface area contributed by atoms with Crippen molar-refractivity contribution < 1.29 is 19.0 Å². The number of methoxy groups -OCH3 is 2. The molecule has 0 fully saturated rings. The lowest BCUT2D eigenvalue weighted by Gasteiger charge is -2.04. The van der Waals surface area contributed by atoms with Crippen LogP contribution in [0.5, 0.6) is 11.5 Å². The molecule has 2 aromatic carbocycles. The quantitative estimate of drug-likeness (QED) is 0.450. The third kappa shape index (κ3) is 5.42. The summed E-state index contributed by atoms with van der Waals surface area (Å²) in [5.41, 5.74) is 2.65. The van der Waals surface area contributed by atoms with Gasteiger partial charge in [0.25, 0.3) is 0 Å². The number of amides is 1. The Bertz CT molecular complexity index is 934. The maximum atomic E-state index is 12.1. The third-order valence-corrected chi connectivity index (χ3v) is 4.53. The molecule has 0 radical (unpaired) electrons. The Morgan fingerprint density at radius 3 is 2.46 bits per heavy atom. The Morgan fingerprint density at radius 1 is 1.07 bits per heavy atom. The highest BCUT2D eigenvalue weighted by molar-refractivity contribution is 7.14. The van der Waals surface area contributed by atoms with Crippen molar-refractivity contribution in [2.45, 2.75) is 0 Å². The number of hydrogen-bond donors (Lipinski definition) is 1. The number of benzene rings is 2. The van der Waals surface area contributed by atoms with Gasteiger partial charge in [-0.15, -0.1) is 11.3 Å². The number of thiazole rings is 1. The van der Waals surface area contributed by atoms with E-state index in [0.29, 0.717) is 10.9 Å². The van der Waals surface area contributed by atoms with Crippen LogP contribution in [-0.2, 0) is 9.53 Å². The van der Waals surface area contributed by atoms with Crippen LogP contribution in [0.3, 0.4) is 0 Å². The van der Waals surface area contributed by atoms with E-state index in [9.17, 15) is 4.79 Å². The summed E-state index contributed by atoms with van der Waals surface area (Å²) in [4.78, 5) is 16.6. The van der Waals surface area contributed by atoms with Crippen molar-refractivity contribution in [2.24, 2.45) is 0 Å². The second kappa shape index (κ2) is 9.68. The van der Waals surface area contributed by atoms with Crippen molar-refractivity contribution in [3.8, 4) is 22.8 Å².